The molecule has 1 aromatic carbocycles. The lowest BCUT2D eigenvalue weighted by molar-refractivity contribution is 0.0428. The van der Waals surface area contributed by atoms with Gasteiger partial charge in [-0.05, 0) is 31.2 Å². The second-order valence-electron chi connectivity index (χ2n) is 4.46. The maximum absolute atomic E-state index is 11.9. The van der Waals surface area contributed by atoms with Gasteiger partial charge in [0.1, 0.15) is 11.9 Å². The number of benzene rings is 1. The number of amides is 2. The van der Waals surface area contributed by atoms with Crippen LogP contribution < -0.4 is 15.4 Å². The van der Waals surface area contributed by atoms with Crippen molar-refractivity contribution >= 4 is 11.7 Å². The van der Waals surface area contributed by atoms with Gasteiger partial charge < -0.3 is 24.8 Å². The normalized spacial score (nSPS) is 21.5. The largest absolute Gasteiger partial charge is 0.497 e. The lowest BCUT2D eigenvalue weighted by Crippen LogP contribution is -2.45. The Morgan fingerprint density at radius 1 is 1.35 bits per heavy atom. The highest BCUT2D eigenvalue weighted by Gasteiger charge is 2.29. The van der Waals surface area contributed by atoms with Crippen molar-refractivity contribution < 1.29 is 19.0 Å². The van der Waals surface area contributed by atoms with Crippen molar-refractivity contribution in [1.29, 1.82) is 0 Å². The van der Waals surface area contributed by atoms with Gasteiger partial charge in [-0.3, -0.25) is 0 Å². The van der Waals surface area contributed by atoms with Gasteiger partial charge >= 0.3 is 6.03 Å². The third-order valence-corrected chi connectivity index (χ3v) is 3.07. The average Bonchev–Trinajstić information content (AvgIpc) is 2.87. The molecule has 1 fully saturated rings. The minimum Gasteiger partial charge on any atom is -0.497 e. The standard InChI is InChI=1S/C14H20N2O4/c1-3-20-13-9-19-8-12(13)16-14(17)15-10-4-6-11(18-2)7-5-10/h4-7,12-13H,3,8-9H2,1-2H3,(H2,15,16,17)/t12-,13-/m0/s1. The number of hydrogen-bond donors (Lipinski definition) is 2. The van der Waals surface area contributed by atoms with E-state index < -0.39 is 0 Å². The predicted octanol–water partition coefficient (Wildman–Crippen LogP) is 1.62. The van der Waals surface area contributed by atoms with E-state index in [1.54, 1.807) is 31.4 Å². The molecule has 6 nitrogen and oxygen atoms in total. The Morgan fingerprint density at radius 3 is 2.75 bits per heavy atom. The maximum Gasteiger partial charge on any atom is 0.319 e. The van der Waals surface area contributed by atoms with E-state index in [2.05, 4.69) is 10.6 Å². The van der Waals surface area contributed by atoms with Crippen LogP contribution in [0.15, 0.2) is 24.3 Å². The molecule has 0 aliphatic carbocycles. The highest BCUT2D eigenvalue weighted by molar-refractivity contribution is 5.89. The number of urea groups is 1. The number of hydrogen-bond acceptors (Lipinski definition) is 4. The zero-order chi connectivity index (χ0) is 14.4. The molecule has 0 spiro atoms. The minimum absolute atomic E-state index is 0.0818. The third kappa shape index (κ3) is 3.85. The molecule has 0 bridgehead atoms. The molecule has 1 aliphatic rings. The first kappa shape index (κ1) is 14.6. The van der Waals surface area contributed by atoms with Crippen LogP contribution >= 0.6 is 0 Å². The molecule has 110 valence electrons. The van der Waals surface area contributed by atoms with E-state index in [1.807, 2.05) is 6.92 Å². The van der Waals surface area contributed by atoms with Crippen LogP contribution in [-0.4, -0.2) is 45.1 Å². The van der Waals surface area contributed by atoms with Crippen LogP contribution in [0.5, 0.6) is 5.75 Å². The van der Waals surface area contributed by atoms with E-state index >= 15 is 0 Å². The van der Waals surface area contributed by atoms with Gasteiger partial charge in [-0.1, -0.05) is 0 Å². The number of rotatable bonds is 5. The minimum atomic E-state index is -0.268. The van der Waals surface area contributed by atoms with Gasteiger partial charge in [0.25, 0.3) is 0 Å². The topological polar surface area (TPSA) is 68.8 Å². The molecule has 1 aliphatic heterocycles. The molecule has 0 saturated carbocycles. The zero-order valence-corrected chi connectivity index (χ0v) is 11.7. The summed E-state index contributed by atoms with van der Waals surface area (Å²) in [4.78, 5) is 11.9. The van der Waals surface area contributed by atoms with Crippen molar-refractivity contribution in [3.8, 4) is 5.75 Å². The molecular weight excluding hydrogens is 260 g/mol. The van der Waals surface area contributed by atoms with Gasteiger partial charge in [-0.2, -0.15) is 0 Å². The summed E-state index contributed by atoms with van der Waals surface area (Å²) < 4.78 is 15.9. The van der Waals surface area contributed by atoms with Crippen molar-refractivity contribution in [2.45, 2.75) is 19.1 Å². The van der Waals surface area contributed by atoms with Gasteiger partial charge in [-0.25, -0.2) is 4.79 Å². The Labute approximate surface area is 118 Å². The fourth-order valence-corrected chi connectivity index (χ4v) is 2.06. The Bertz CT molecular complexity index is 435. The Balaban J connectivity index is 1.85. The van der Waals surface area contributed by atoms with Gasteiger partial charge in [0.2, 0.25) is 0 Å². The van der Waals surface area contributed by atoms with E-state index in [1.165, 1.54) is 0 Å². The summed E-state index contributed by atoms with van der Waals surface area (Å²) >= 11 is 0. The first-order chi connectivity index (χ1) is 9.72. The van der Waals surface area contributed by atoms with E-state index in [0.717, 1.165) is 5.75 Å². The Kier molecular flexibility index (Phi) is 5.20. The molecule has 2 rings (SSSR count). The summed E-state index contributed by atoms with van der Waals surface area (Å²) in [5, 5.41) is 5.63. The molecule has 1 heterocycles. The van der Waals surface area contributed by atoms with E-state index in [4.69, 9.17) is 14.2 Å². The fraction of sp³-hybridized carbons (Fsp3) is 0.500. The van der Waals surface area contributed by atoms with Crippen molar-refractivity contribution in [2.75, 3.05) is 32.2 Å². The molecule has 20 heavy (non-hydrogen) atoms. The molecule has 2 N–H and O–H groups in total. The van der Waals surface area contributed by atoms with Crippen LogP contribution in [0.3, 0.4) is 0 Å². The fourth-order valence-electron chi connectivity index (χ4n) is 2.06. The second kappa shape index (κ2) is 7.12. The first-order valence-electron chi connectivity index (χ1n) is 6.64. The second-order valence-corrected chi connectivity index (χ2v) is 4.46. The lowest BCUT2D eigenvalue weighted by atomic mass is 10.2. The Morgan fingerprint density at radius 2 is 2.10 bits per heavy atom. The summed E-state index contributed by atoms with van der Waals surface area (Å²) in [5.74, 6) is 0.747. The van der Waals surface area contributed by atoms with E-state index in [-0.39, 0.29) is 18.2 Å². The van der Waals surface area contributed by atoms with Crippen molar-refractivity contribution in [2.24, 2.45) is 0 Å². The summed E-state index contributed by atoms with van der Waals surface area (Å²) in [6.07, 6.45) is -0.0818. The maximum atomic E-state index is 11.9. The van der Waals surface area contributed by atoms with Crippen molar-refractivity contribution in [1.82, 2.24) is 5.32 Å². The van der Waals surface area contributed by atoms with Crippen molar-refractivity contribution in [3.05, 3.63) is 24.3 Å². The van der Waals surface area contributed by atoms with Crippen LogP contribution in [0.4, 0.5) is 10.5 Å². The summed E-state index contributed by atoms with van der Waals surface area (Å²) in [6.45, 7) is 3.52. The molecule has 0 aromatic heterocycles. The van der Waals surface area contributed by atoms with E-state index in [0.29, 0.717) is 25.5 Å². The van der Waals surface area contributed by atoms with Crippen LogP contribution in [0.1, 0.15) is 6.92 Å². The predicted molar refractivity (Wildman–Crippen MR) is 75.2 cm³/mol. The molecule has 0 radical (unpaired) electrons. The van der Waals surface area contributed by atoms with Crippen LogP contribution in [0, 0.1) is 0 Å². The molecule has 1 saturated heterocycles. The first-order valence-corrected chi connectivity index (χ1v) is 6.64. The van der Waals surface area contributed by atoms with Crippen LogP contribution in [0.25, 0.3) is 0 Å². The number of carbonyl (C=O) groups is 1. The summed E-state index contributed by atoms with van der Waals surface area (Å²) in [6, 6.07) is 6.76. The average molecular weight is 280 g/mol. The highest BCUT2D eigenvalue weighted by Crippen LogP contribution is 2.15. The van der Waals surface area contributed by atoms with Gasteiger partial charge in [-0.15, -0.1) is 0 Å². The smallest absolute Gasteiger partial charge is 0.319 e. The van der Waals surface area contributed by atoms with Gasteiger partial charge in [0.05, 0.1) is 26.4 Å². The lowest BCUT2D eigenvalue weighted by Gasteiger charge is -2.19. The zero-order valence-electron chi connectivity index (χ0n) is 11.7. The number of methoxy groups -OCH3 is 1. The monoisotopic (exact) mass is 280 g/mol. The number of carbonyl (C=O) groups excluding carboxylic acids is 1. The van der Waals surface area contributed by atoms with Crippen LogP contribution in [0.2, 0.25) is 0 Å². The summed E-state index contributed by atoms with van der Waals surface area (Å²) in [7, 11) is 1.60. The quantitative estimate of drug-likeness (QED) is 0.860. The number of ether oxygens (including phenoxy) is 3. The summed E-state index contributed by atoms with van der Waals surface area (Å²) in [5.41, 5.74) is 0.704. The molecule has 6 heteroatoms. The highest BCUT2D eigenvalue weighted by atomic mass is 16.5. The number of nitrogens with one attached hydrogen (secondary N) is 2. The Hall–Kier alpha value is -1.79. The van der Waals surface area contributed by atoms with Gasteiger partial charge in [0, 0.05) is 12.3 Å². The molecule has 2 atom stereocenters. The van der Waals surface area contributed by atoms with Crippen molar-refractivity contribution in [3.63, 3.8) is 0 Å². The molecule has 2 amide bonds. The molecule has 0 unspecified atom stereocenters. The van der Waals surface area contributed by atoms with Crippen LogP contribution in [-0.2, 0) is 9.47 Å². The van der Waals surface area contributed by atoms with E-state index in [9.17, 15) is 4.79 Å². The SMILES string of the molecule is CCO[C@H]1COC[C@@H]1NC(=O)Nc1ccc(OC)cc1. The molecule has 1 aromatic rings. The number of anilines is 1. The van der Waals surface area contributed by atoms with Gasteiger partial charge in [0.15, 0.2) is 0 Å². The molecular formula is C14H20N2O4. The third-order valence-electron chi connectivity index (χ3n) is 3.07.